The second-order valence-electron chi connectivity index (χ2n) is 9.08. The van der Waals surface area contributed by atoms with E-state index in [1.165, 1.54) is 0 Å². The molecule has 1 unspecified atom stereocenters. The summed E-state index contributed by atoms with van der Waals surface area (Å²) in [4.78, 5) is 37.9. The molecule has 0 aliphatic rings. The molecule has 0 spiro atoms. The van der Waals surface area contributed by atoms with Crippen LogP contribution in [0.4, 0.5) is 0 Å². The molecule has 0 fully saturated rings. The minimum absolute atomic E-state index is 0.0404. The van der Waals surface area contributed by atoms with Gasteiger partial charge in [0.05, 0.1) is 0 Å². The number of hydrogen-bond acceptors (Lipinski definition) is 10. The Morgan fingerprint density at radius 1 is 0.675 bits per heavy atom. The highest BCUT2D eigenvalue weighted by Gasteiger charge is 2.45. The maximum atomic E-state index is 13.0. The van der Waals surface area contributed by atoms with Gasteiger partial charge in [0, 0.05) is 26.2 Å². The van der Waals surface area contributed by atoms with Crippen LogP contribution in [0.25, 0.3) is 0 Å². The van der Waals surface area contributed by atoms with Crippen molar-refractivity contribution in [2.24, 2.45) is 5.73 Å². The minimum atomic E-state index is -2.09. The molecular weight excluding hydrogens is 514 g/mol. The monoisotopic (exact) mass is 549 g/mol. The minimum Gasteiger partial charge on any atom is -0.459 e. The van der Waals surface area contributed by atoms with Crippen molar-refractivity contribution in [1.82, 2.24) is 10.6 Å². The number of aliphatic hydroxyl groups is 1. The first-order chi connectivity index (χ1) is 19.4. The van der Waals surface area contributed by atoms with Crippen LogP contribution in [-0.2, 0) is 48.4 Å². The summed E-state index contributed by atoms with van der Waals surface area (Å²) in [5, 5.41) is 15.9. The highest BCUT2D eigenvalue weighted by molar-refractivity contribution is 6.05. The Morgan fingerprint density at radius 3 is 1.52 bits per heavy atom. The average Bonchev–Trinajstić information content (AvgIpc) is 3.00. The van der Waals surface area contributed by atoms with Gasteiger partial charge in [-0.1, -0.05) is 91.0 Å². The average molecular weight is 550 g/mol. The zero-order chi connectivity index (χ0) is 28.6. The predicted octanol–water partition coefficient (Wildman–Crippen LogP) is 1.45. The van der Waals surface area contributed by atoms with Gasteiger partial charge in [0.2, 0.25) is 5.54 Å². The van der Waals surface area contributed by atoms with Crippen molar-refractivity contribution >= 4 is 17.9 Å². The summed E-state index contributed by atoms with van der Waals surface area (Å²) in [6, 6.07) is 27.2. The van der Waals surface area contributed by atoms with Crippen molar-refractivity contribution in [1.29, 1.82) is 0 Å². The Morgan fingerprint density at radius 2 is 1.07 bits per heavy atom. The zero-order valence-electron chi connectivity index (χ0n) is 22.2. The van der Waals surface area contributed by atoms with Gasteiger partial charge in [-0.15, -0.1) is 0 Å². The summed E-state index contributed by atoms with van der Waals surface area (Å²) in [6.07, 6.45) is -1.35. The first-order valence-electron chi connectivity index (χ1n) is 12.9. The molecule has 3 aromatic rings. The normalized spacial score (nSPS) is 11.8. The lowest BCUT2D eigenvalue weighted by atomic mass is 10.0. The van der Waals surface area contributed by atoms with Gasteiger partial charge < -0.3 is 35.7 Å². The summed E-state index contributed by atoms with van der Waals surface area (Å²) in [7, 11) is 0. The molecular formula is C30H35N3O7. The van der Waals surface area contributed by atoms with E-state index in [4.69, 9.17) is 19.9 Å². The second-order valence-corrected chi connectivity index (χ2v) is 9.08. The lowest BCUT2D eigenvalue weighted by molar-refractivity contribution is -0.166. The molecule has 0 aliphatic heterocycles. The zero-order valence-corrected chi connectivity index (χ0v) is 22.2. The molecule has 0 saturated carbocycles. The van der Waals surface area contributed by atoms with Crippen LogP contribution in [0.15, 0.2) is 91.0 Å². The van der Waals surface area contributed by atoms with Crippen LogP contribution in [-0.4, -0.2) is 60.8 Å². The fraction of sp³-hybridized carbons (Fsp3) is 0.300. The van der Waals surface area contributed by atoms with Crippen molar-refractivity contribution in [2.45, 2.75) is 31.5 Å². The lowest BCUT2D eigenvalue weighted by Gasteiger charge is -2.26. The highest BCUT2D eigenvalue weighted by atomic mass is 16.6. The largest absolute Gasteiger partial charge is 0.459 e. The number of carbonyl (C=O) groups excluding carboxylic acids is 3. The molecule has 3 aromatic carbocycles. The van der Waals surface area contributed by atoms with Crippen molar-refractivity contribution in [2.75, 3.05) is 26.2 Å². The third-order valence-electron chi connectivity index (χ3n) is 5.87. The van der Waals surface area contributed by atoms with Crippen LogP contribution in [0.1, 0.15) is 16.7 Å². The molecule has 0 amide bonds. The molecule has 0 bridgehead atoms. The first kappa shape index (κ1) is 30.5. The van der Waals surface area contributed by atoms with Crippen molar-refractivity contribution in [3.8, 4) is 0 Å². The van der Waals surface area contributed by atoms with Gasteiger partial charge in [-0.25, -0.2) is 14.4 Å². The Hall–Kier alpha value is -4.09. The van der Waals surface area contributed by atoms with E-state index in [-0.39, 0.29) is 39.5 Å². The number of aliphatic hydroxyl groups excluding tert-OH is 1. The Labute approximate surface area is 233 Å². The molecule has 5 N–H and O–H groups in total. The van der Waals surface area contributed by atoms with E-state index in [1.807, 2.05) is 66.7 Å². The van der Waals surface area contributed by atoms with Gasteiger partial charge in [-0.2, -0.15) is 0 Å². The number of ether oxygens (including phenoxy) is 3. The summed E-state index contributed by atoms with van der Waals surface area (Å²) >= 11 is 0. The lowest BCUT2D eigenvalue weighted by Crippen LogP contribution is -2.62. The van der Waals surface area contributed by atoms with E-state index in [9.17, 15) is 19.5 Å². The Bertz CT molecular complexity index is 1140. The number of carbonyl (C=O) groups is 3. The summed E-state index contributed by atoms with van der Waals surface area (Å²) in [5.74, 6) is -2.59. The number of esters is 3. The quantitative estimate of drug-likeness (QED) is 0.0895. The third kappa shape index (κ3) is 9.90. The SMILES string of the molecule is NC(CNCCNCC(O)C(=O)OCc1ccccc1)(C(=O)OCc1ccccc1)C(=O)OCc1ccccc1. The summed E-state index contributed by atoms with van der Waals surface area (Å²) in [6.45, 7) is 0.241. The third-order valence-corrected chi connectivity index (χ3v) is 5.87. The second kappa shape index (κ2) is 16.1. The van der Waals surface area contributed by atoms with Crippen molar-refractivity contribution in [3.05, 3.63) is 108 Å². The first-order valence-corrected chi connectivity index (χ1v) is 12.9. The number of benzene rings is 3. The van der Waals surface area contributed by atoms with Crippen LogP contribution >= 0.6 is 0 Å². The van der Waals surface area contributed by atoms with Gasteiger partial charge in [0.25, 0.3) is 0 Å². The van der Waals surface area contributed by atoms with E-state index in [2.05, 4.69) is 10.6 Å². The number of nitrogens with one attached hydrogen (secondary N) is 2. The van der Waals surface area contributed by atoms with E-state index in [1.54, 1.807) is 24.3 Å². The maximum Gasteiger partial charge on any atom is 0.339 e. The molecule has 10 heteroatoms. The fourth-order valence-corrected chi connectivity index (χ4v) is 3.54. The number of nitrogens with two attached hydrogens (primary N) is 1. The molecule has 40 heavy (non-hydrogen) atoms. The van der Waals surface area contributed by atoms with Gasteiger partial charge in [-0.3, -0.25) is 0 Å². The number of hydrogen-bond donors (Lipinski definition) is 4. The van der Waals surface area contributed by atoms with Gasteiger partial charge in [0.15, 0.2) is 6.10 Å². The van der Waals surface area contributed by atoms with Crippen LogP contribution < -0.4 is 16.4 Å². The van der Waals surface area contributed by atoms with E-state index in [0.29, 0.717) is 6.54 Å². The van der Waals surface area contributed by atoms with Gasteiger partial charge in [-0.05, 0) is 16.7 Å². The maximum absolute atomic E-state index is 13.0. The fourth-order valence-electron chi connectivity index (χ4n) is 3.54. The molecule has 10 nitrogen and oxygen atoms in total. The standard InChI is InChI=1S/C30H35N3O7/c31-30(28(36)39-20-24-12-6-2-7-13-24,29(37)40-21-25-14-8-3-9-15-25)22-33-17-16-32-18-26(34)27(35)38-19-23-10-4-1-5-11-23/h1-15,26,32-34H,16-22,31H2. The van der Waals surface area contributed by atoms with Crippen LogP contribution in [0.5, 0.6) is 0 Å². The van der Waals surface area contributed by atoms with Crippen LogP contribution in [0, 0.1) is 0 Å². The highest BCUT2D eigenvalue weighted by Crippen LogP contribution is 2.12. The van der Waals surface area contributed by atoms with Gasteiger partial charge >= 0.3 is 17.9 Å². The van der Waals surface area contributed by atoms with Crippen molar-refractivity contribution in [3.63, 3.8) is 0 Å². The smallest absolute Gasteiger partial charge is 0.339 e. The summed E-state index contributed by atoms with van der Waals surface area (Å²) < 4.78 is 15.8. The molecule has 0 heterocycles. The van der Waals surface area contributed by atoms with E-state index >= 15 is 0 Å². The molecule has 1 atom stereocenters. The molecule has 0 aliphatic carbocycles. The molecule has 3 rings (SSSR count). The molecule has 0 radical (unpaired) electrons. The molecule has 0 saturated heterocycles. The molecule has 0 aromatic heterocycles. The molecule has 212 valence electrons. The Balaban J connectivity index is 1.45. The predicted molar refractivity (Wildman–Crippen MR) is 147 cm³/mol. The summed E-state index contributed by atoms with van der Waals surface area (Å²) in [5.41, 5.74) is 6.47. The van der Waals surface area contributed by atoms with Crippen molar-refractivity contribution < 1.29 is 33.7 Å². The van der Waals surface area contributed by atoms with Gasteiger partial charge in [0.1, 0.15) is 19.8 Å². The van der Waals surface area contributed by atoms with Crippen LogP contribution in [0.3, 0.4) is 0 Å². The Kier molecular flexibility index (Phi) is 12.3. The van der Waals surface area contributed by atoms with E-state index in [0.717, 1.165) is 16.7 Å². The number of rotatable bonds is 16. The topological polar surface area (TPSA) is 149 Å². The van der Waals surface area contributed by atoms with E-state index < -0.39 is 29.6 Å². The van der Waals surface area contributed by atoms with Crippen LogP contribution in [0.2, 0.25) is 0 Å².